The predicted octanol–water partition coefficient (Wildman–Crippen LogP) is 3.94. The Labute approximate surface area is 214 Å². The normalized spacial score (nSPS) is 16.8. The molecule has 188 valence electrons. The third-order valence-electron chi connectivity index (χ3n) is 6.93. The van der Waals surface area contributed by atoms with Gasteiger partial charge >= 0.3 is 0 Å². The van der Waals surface area contributed by atoms with Crippen LogP contribution >= 0.6 is 11.3 Å². The molecule has 2 fully saturated rings. The lowest BCUT2D eigenvalue weighted by Gasteiger charge is -2.27. The Morgan fingerprint density at radius 1 is 1.03 bits per heavy atom. The average molecular weight is 507 g/mol. The zero-order valence-electron chi connectivity index (χ0n) is 20.7. The summed E-state index contributed by atoms with van der Waals surface area (Å²) in [5.41, 5.74) is 4.23. The van der Waals surface area contributed by atoms with Gasteiger partial charge < -0.3 is 4.74 Å². The van der Waals surface area contributed by atoms with E-state index in [1.165, 1.54) is 21.8 Å². The second kappa shape index (κ2) is 10.5. The van der Waals surface area contributed by atoms with Crippen molar-refractivity contribution in [1.82, 2.24) is 9.88 Å². The van der Waals surface area contributed by atoms with E-state index in [9.17, 15) is 14.4 Å². The SMILES string of the molecule is Cc1ccc2sc(N(CCCN3CCOCC3)C(=O)c3ccc(N4C(=O)CCC4=O)cc3)nc2c1C. The molecule has 36 heavy (non-hydrogen) atoms. The minimum atomic E-state index is -0.205. The number of amides is 3. The number of morpholine rings is 1. The molecule has 9 heteroatoms. The highest BCUT2D eigenvalue weighted by Crippen LogP contribution is 2.33. The summed E-state index contributed by atoms with van der Waals surface area (Å²) in [6.45, 7) is 8.85. The van der Waals surface area contributed by atoms with Crippen molar-refractivity contribution in [3.63, 3.8) is 0 Å². The molecule has 2 aliphatic rings. The third kappa shape index (κ3) is 4.91. The van der Waals surface area contributed by atoms with Gasteiger partial charge in [-0.3, -0.25) is 29.1 Å². The molecule has 3 amide bonds. The van der Waals surface area contributed by atoms with E-state index in [0.717, 1.165) is 55.0 Å². The molecule has 2 aromatic carbocycles. The standard InChI is InChI=1S/C27H30N4O4S/c1-18-4-9-22-25(19(18)2)28-27(36-22)30(13-3-12-29-14-16-35-17-15-29)26(34)20-5-7-21(8-6-20)31-23(32)10-11-24(31)33/h4-9H,3,10-17H2,1-2H3. The summed E-state index contributed by atoms with van der Waals surface area (Å²) in [5, 5.41) is 0.680. The molecule has 3 aromatic rings. The van der Waals surface area contributed by atoms with E-state index in [1.54, 1.807) is 29.2 Å². The van der Waals surface area contributed by atoms with Crippen LogP contribution in [0.2, 0.25) is 0 Å². The Morgan fingerprint density at radius 2 is 1.72 bits per heavy atom. The Bertz CT molecular complexity index is 1280. The van der Waals surface area contributed by atoms with Crippen LogP contribution < -0.4 is 9.80 Å². The Morgan fingerprint density at radius 3 is 2.42 bits per heavy atom. The Kier molecular flexibility index (Phi) is 7.13. The molecule has 0 N–H and O–H groups in total. The quantitative estimate of drug-likeness (QED) is 0.452. The number of nitrogens with zero attached hydrogens (tertiary/aromatic N) is 4. The number of hydrogen-bond acceptors (Lipinski definition) is 7. The fraction of sp³-hybridized carbons (Fsp3) is 0.407. The second-order valence-corrected chi connectivity index (χ2v) is 10.3. The van der Waals surface area contributed by atoms with Crippen LogP contribution in [0.15, 0.2) is 36.4 Å². The van der Waals surface area contributed by atoms with Gasteiger partial charge in [0.25, 0.3) is 5.91 Å². The van der Waals surface area contributed by atoms with Gasteiger partial charge in [-0.25, -0.2) is 4.98 Å². The molecule has 0 unspecified atom stereocenters. The van der Waals surface area contributed by atoms with Gasteiger partial charge in [0, 0.05) is 44.6 Å². The van der Waals surface area contributed by atoms with E-state index in [4.69, 9.17) is 9.72 Å². The summed E-state index contributed by atoms with van der Waals surface area (Å²) in [6, 6.07) is 10.9. The maximum atomic E-state index is 13.7. The molecular formula is C27H30N4O4S. The number of fused-ring (bicyclic) bond motifs is 1. The van der Waals surface area contributed by atoms with Crippen molar-refractivity contribution in [1.29, 1.82) is 0 Å². The van der Waals surface area contributed by atoms with Gasteiger partial charge in [-0.15, -0.1) is 0 Å². The molecule has 0 bridgehead atoms. The molecule has 8 nitrogen and oxygen atoms in total. The van der Waals surface area contributed by atoms with Crippen molar-refractivity contribution < 1.29 is 19.1 Å². The van der Waals surface area contributed by atoms with Crippen LogP contribution in [-0.2, 0) is 14.3 Å². The van der Waals surface area contributed by atoms with E-state index in [2.05, 4.69) is 30.9 Å². The van der Waals surface area contributed by atoms with Crippen LogP contribution in [0, 0.1) is 13.8 Å². The van der Waals surface area contributed by atoms with Crippen molar-refractivity contribution >= 4 is 50.1 Å². The minimum Gasteiger partial charge on any atom is -0.379 e. The summed E-state index contributed by atoms with van der Waals surface area (Å²) in [7, 11) is 0. The van der Waals surface area contributed by atoms with E-state index < -0.39 is 0 Å². The first-order chi connectivity index (χ1) is 17.4. The molecule has 1 aromatic heterocycles. The molecule has 2 saturated heterocycles. The first kappa shape index (κ1) is 24.5. The maximum Gasteiger partial charge on any atom is 0.260 e. The van der Waals surface area contributed by atoms with Crippen LogP contribution in [-0.4, -0.2) is 67.0 Å². The van der Waals surface area contributed by atoms with Gasteiger partial charge in [0.15, 0.2) is 5.13 Å². The van der Waals surface area contributed by atoms with Gasteiger partial charge in [0.1, 0.15) is 0 Å². The van der Waals surface area contributed by atoms with Gasteiger partial charge in [0.05, 0.1) is 29.1 Å². The Balaban J connectivity index is 1.40. The number of anilines is 2. The van der Waals surface area contributed by atoms with E-state index in [0.29, 0.717) is 22.9 Å². The van der Waals surface area contributed by atoms with Crippen LogP contribution in [0.4, 0.5) is 10.8 Å². The first-order valence-electron chi connectivity index (χ1n) is 12.4. The fourth-order valence-electron chi connectivity index (χ4n) is 4.66. The molecule has 0 aliphatic carbocycles. The molecule has 5 rings (SSSR count). The van der Waals surface area contributed by atoms with Gasteiger partial charge in [0.2, 0.25) is 11.8 Å². The first-order valence-corrected chi connectivity index (χ1v) is 13.2. The van der Waals surface area contributed by atoms with Crippen LogP contribution in [0.1, 0.15) is 40.7 Å². The number of benzene rings is 2. The van der Waals surface area contributed by atoms with E-state index in [1.807, 2.05) is 0 Å². The van der Waals surface area contributed by atoms with Crippen LogP contribution in [0.25, 0.3) is 10.2 Å². The van der Waals surface area contributed by atoms with Gasteiger partial charge in [-0.2, -0.15) is 0 Å². The highest BCUT2D eigenvalue weighted by Gasteiger charge is 2.30. The maximum absolute atomic E-state index is 13.7. The molecule has 0 radical (unpaired) electrons. The highest BCUT2D eigenvalue weighted by atomic mass is 32.1. The molecule has 3 heterocycles. The minimum absolute atomic E-state index is 0.143. The zero-order chi connectivity index (χ0) is 25.2. The van der Waals surface area contributed by atoms with Gasteiger partial charge in [-0.05, 0) is 61.7 Å². The predicted molar refractivity (Wildman–Crippen MR) is 141 cm³/mol. The van der Waals surface area contributed by atoms with Crippen molar-refractivity contribution in [3.8, 4) is 0 Å². The van der Waals surface area contributed by atoms with Crippen LogP contribution in [0.3, 0.4) is 0 Å². The monoisotopic (exact) mass is 506 g/mol. The topological polar surface area (TPSA) is 83.0 Å². The zero-order valence-corrected chi connectivity index (χ0v) is 21.5. The van der Waals surface area contributed by atoms with E-state index in [-0.39, 0.29) is 30.6 Å². The molecule has 2 aliphatic heterocycles. The highest BCUT2D eigenvalue weighted by molar-refractivity contribution is 7.22. The summed E-state index contributed by atoms with van der Waals surface area (Å²) in [6.07, 6.45) is 1.27. The lowest BCUT2D eigenvalue weighted by Crippen LogP contribution is -2.39. The smallest absolute Gasteiger partial charge is 0.260 e. The van der Waals surface area contributed by atoms with Crippen molar-refractivity contribution in [2.45, 2.75) is 33.1 Å². The van der Waals surface area contributed by atoms with Crippen LogP contribution in [0.5, 0.6) is 0 Å². The number of rotatable bonds is 7. The largest absolute Gasteiger partial charge is 0.379 e. The lowest BCUT2D eigenvalue weighted by molar-refractivity contribution is -0.121. The number of hydrogen-bond donors (Lipinski definition) is 0. The third-order valence-corrected chi connectivity index (χ3v) is 7.98. The number of imide groups is 1. The number of carbonyl (C=O) groups excluding carboxylic acids is 3. The number of ether oxygens (including phenoxy) is 1. The summed E-state index contributed by atoms with van der Waals surface area (Å²) in [4.78, 5) is 48.1. The molecule has 0 spiro atoms. The molecule has 0 atom stereocenters. The number of aromatic nitrogens is 1. The van der Waals surface area contributed by atoms with Crippen molar-refractivity contribution in [2.75, 3.05) is 49.2 Å². The second-order valence-electron chi connectivity index (χ2n) is 9.28. The fourth-order valence-corrected chi connectivity index (χ4v) is 5.71. The molecule has 0 saturated carbocycles. The number of thiazole rings is 1. The van der Waals surface area contributed by atoms with E-state index >= 15 is 0 Å². The summed E-state index contributed by atoms with van der Waals surface area (Å²) in [5.74, 6) is -0.552. The van der Waals surface area contributed by atoms with Gasteiger partial charge in [-0.1, -0.05) is 17.4 Å². The number of carbonyl (C=O) groups is 3. The average Bonchev–Trinajstić information content (AvgIpc) is 3.47. The Hall–Kier alpha value is -3.14. The number of aryl methyl sites for hydroxylation is 2. The summed E-state index contributed by atoms with van der Waals surface area (Å²) >= 11 is 1.52. The summed E-state index contributed by atoms with van der Waals surface area (Å²) < 4.78 is 6.50. The lowest BCUT2D eigenvalue weighted by atomic mass is 10.1. The van der Waals surface area contributed by atoms with Crippen molar-refractivity contribution in [2.24, 2.45) is 0 Å². The molecular weight excluding hydrogens is 476 g/mol. The van der Waals surface area contributed by atoms with Crippen molar-refractivity contribution in [3.05, 3.63) is 53.1 Å².